The van der Waals surface area contributed by atoms with Crippen molar-refractivity contribution < 1.29 is 9.53 Å². The Bertz CT molecular complexity index is 775. The molecule has 0 atom stereocenters. The van der Waals surface area contributed by atoms with E-state index in [1.807, 2.05) is 12.1 Å². The molecule has 0 aromatic carbocycles. The van der Waals surface area contributed by atoms with E-state index in [9.17, 15) is 4.79 Å². The number of ether oxygens (including phenoxy) is 1. The molecular weight excluding hydrogens is 302 g/mol. The number of H-pyrrole nitrogens is 1. The number of methoxy groups -OCH3 is 1. The van der Waals surface area contributed by atoms with Crippen LogP contribution in [0.3, 0.4) is 0 Å². The number of amides is 1. The standard InChI is InChI=1S/C19H23N3O2/c1-24-17-6-15-14(10-20-17)5-16(21-15)18(23)22-19-7-11-2-12(8-19)4-13(3-11)9-19/h5-6,10-13,21H,2-4,7-9H2,1H3,(H,22,23). The summed E-state index contributed by atoms with van der Waals surface area (Å²) in [7, 11) is 1.60. The van der Waals surface area contributed by atoms with Gasteiger partial charge in [0.25, 0.3) is 5.91 Å². The summed E-state index contributed by atoms with van der Waals surface area (Å²) < 4.78 is 5.15. The Hall–Kier alpha value is -2.04. The van der Waals surface area contributed by atoms with Gasteiger partial charge in [-0.3, -0.25) is 4.79 Å². The number of carbonyl (C=O) groups is 1. The van der Waals surface area contributed by atoms with Crippen LogP contribution in [-0.4, -0.2) is 28.5 Å². The van der Waals surface area contributed by atoms with Gasteiger partial charge < -0.3 is 15.0 Å². The fraction of sp³-hybridized carbons (Fsp3) is 0.579. The van der Waals surface area contributed by atoms with Gasteiger partial charge >= 0.3 is 0 Å². The minimum Gasteiger partial charge on any atom is -0.481 e. The molecular formula is C19H23N3O2. The van der Waals surface area contributed by atoms with E-state index in [4.69, 9.17) is 4.74 Å². The van der Waals surface area contributed by atoms with E-state index in [2.05, 4.69) is 15.3 Å². The normalized spacial score (nSPS) is 33.8. The first-order chi connectivity index (χ1) is 11.6. The Labute approximate surface area is 141 Å². The topological polar surface area (TPSA) is 67.0 Å². The number of fused-ring (bicyclic) bond motifs is 1. The first-order valence-corrected chi connectivity index (χ1v) is 8.98. The van der Waals surface area contributed by atoms with Crippen molar-refractivity contribution in [2.75, 3.05) is 7.11 Å². The van der Waals surface area contributed by atoms with Crippen molar-refractivity contribution in [1.29, 1.82) is 0 Å². The number of hydrogen-bond donors (Lipinski definition) is 2. The van der Waals surface area contributed by atoms with Crippen molar-refractivity contribution in [3.63, 3.8) is 0 Å². The van der Waals surface area contributed by atoms with Crippen molar-refractivity contribution in [2.45, 2.75) is 44.1 Å². The van der Waals surface area contributed by atoms with Crippen LogP contribution in [0.15, 0.2) is 18.3 Å². The van der Waals surface area contributed by atoms with Crippen LogP contribution in [0.1, 0.15) is 49.0 Å². The quantitative estimate of drug-likeness (QED) is 0.910. The number of aromatic amines is 1. The van der Waals surface area contributed by atoms with E-state index in [1.54, 1.807) is 13.3 Å². The van der Waals surface area contributed by atoms with Crippen LogP contribution in [0.2, 0.25) is 0 Å². The zero-order chi connectivity index (χ0) is 16.3. The number of nitrogens with zero attached hydrogens (tertiary/aromatic N) is 1. The average Bonchev–Trinajstić information content (AvgIpc) is 2.96. The summed E-state index contributed by atoms with van der Waals surface area (Å²) >= 11 is 0. The van der Waals surface area contributed by atoms with Crippen LogP contribution in [0.5, 0.6) is 5.88 Å². The Balaban J connectivity index is 1.40. The molecule has 2 aromatic rings. The van der Waals surface area contributed by atoms with Crippen LogP contribution in [0, 0.1) is 17.8 Å². The molecule has 4 fully saturated rings. The van der Waals surface area contributed by atoms with Gasteiger partial charge in [-0.1, -0.05) is 0 Å². The van der Waals surface area contributed by atoms with Crippen molar-refractivity contribution in [3.8, 4) is 5.88 Å². The summed E-state index contributed by atoms with van der Waals surface area (Å²) in [6, 6.07) is 3.72. The molecule has 0 saturated heterocycles. The Morgan fingerprint density at radius 2 is 1.88 bits per heavy atom. The third-order valence-corrected chi connectivity index (χ3v) is 6.35. The van der Waals surface area contributed by atoms with E-state index in [-0.39, 0.29) is 11.4 Å². The summed E-state index contributed by atoms with van der Waals surface area (Å²) in [4.78, 5) is 20.3. The van der Waals surface area contributed by atoms with Crippen LogP contribution in [0.4, 0.5) is 0 Å². The molecule has 0 unspecified atom stereocenters. The summed E-state index contributed by atoms with van der Waals surface area (Å²) in [5.41, 5.74) is 1.55. The van der Waals surface area contributed by atoms with Crippen molar-refractivity contribution in [1.82, 2.24) is 15.3 Å². The van der Waals surface area contributed by atoms with E-state index < -0.39 is 0 Å². The number of carbonyl (C=O) groups excluding carboxylic acids is 1. The van der Waals surface area contributed by atoms with Gasteiger partial charge in [-0.2, -0.15) is 0 Å². The van der Waals surface area contributed by atoms with Crippen LogP contribution >= 0.6 is 0 Å². The highest BCUT2D eigenvalue weighted by Crippen LogP contribution is 2.55. The largest absolute Gasteiger partial charge is 0.481 e. The van der Waals surface area contributed by atoms with Crippen molar-refractivity contribution >= 4 is 16.8 Å². The molecule has 0 aliphatic heterocycles. The molecule has 6 rings (SSSR count). The smallest absolute Gasteiger partial charge is 0.268 e. The molecule has 4 bridgehead atoms. The van der Waals surface area contributed by atoms with Crippen LogP contribution < -0.4 is 10.1 Å². The van der Waals surface area contributed by atoms with Crippen molar-refractivity contribution in [2.24, 2.45) is 17.8 Å². The molecule has 1 amide bonds. The highest BCUT2D eigenvalue weighted by Gasteiger charge is 2.51. The second-order valence-electron chi connectivity index (χ2n) is 8.15. The number of pyridine rings is 1. The van der Waals surface area contributed by atoms with Gasteiger partial charge in [0.1, 0.15) is 5.69 Å². The zero-order valence-corrected chi connectivity index (χ0v) is 14.0. The first-order valence-electron chi connectivity index (χ1n) is 8.98. The summed E-state index contributed by atoms with van der Waals surface area (Å²) in [5.74, 6) is 3.05. The second-order valence-corrected chi connectivity index (χ2v) is 8.15. The summed E-state index contributed by atoms with van der Waals surface area (Å²) in [6.07, 6.45) is 9.39. The molecule has 2 N–H and O–H groups in total. The molecule has 0 spiro atoms. The third-order valence-electron chi connectivity index (χ3n) is 6.35. The maximum Gasteiger partial charge on any atom is 0.268 e. The molecule has 5 nitrogen and oxygen atoms in total. The lowest BCUT2D eigenvalue weighted by molar-refractivity contribution is -0.0167. The highest BCUT2D eigenvalue weighted by atomic mass is 16.5. The predicted octanol–water partition coefficient (Wildman–Crippen LogP) is 3.27. The first kappa shape index (κ1) is 14.3. The van der Waals surface area contributed by atoms with E-state index >= 15 is 0 Å². The highest BCUT2D eigenvalue weighted by molar-refractivity contribution is 5.98. The lowest BCUT2D eigenvalue weighted by Crippen LogP contribution is -2.59. The maximum atomic E-state index is 12.9. The number of hydrogen-bond acceptors (Lipinski definition) is 3. The lowest BCUT2D eigenvalue weighted by atomic mass is 9.53. The van der Waals surface area contributed by atoms with Gasteiger partial charge in [0, 0.05) is 23.2 Å². The molecule has 24 heavy (non-hydrogen) atoms. The average molecular weight is 325 g/mol. The van der Waals surface area contributed by atoms with Gasteiger partial charge in [0.2, 0.25) is 5.88 Å². The Morgan fingerprint density at radius 3 is 2.50 bits per heavy atom. The van der Waals surface area contributed by atoms with Gasteiger partial charge in [-0.15, -0.1) is 0 Å². The Kier molecular flexibility index (Phi) is 2.97. The fourth-order valence-corrected chi connectivity index (χ4v) is 5.81. The lowest BCUT2D eigenvalue weighted by Gasteiger charge is -2.56. The molecule has 126 valence electrons. The van der Waals surface area contributed by atoms with E-state index in [0.717, 1.165) is 28.7 Å². The number of nitrogens with one attached hydrogen (secondary N) is 2. The number of aromatic nitrogens is 2. The summed E-state index contributed by atoms with van der Waals surface area (Å²) in [5, 5.41) is 4.35. The summed E-state index contributed by atoms with van der Waals surface area (Å²) in [6.45, 7) is 0. The second kappa shape index (κ2) is 4.98. The zero-order valence-electron chi connectivity index (χ0n) is 14.0. The Morgan fingerprint density at radius 1 is 1.21 bits per heavy atom. The minimum atomic E-state index is 0.0205. The molecule has 4 aliphatic rings. The molecule has 2 heterocycles. The van der Waals surface area contributed by atoms with Crippen LogP contribution in [-0.2, 0) is 0 Å². The van der Waals surface area contributed by atoms with Crippen LogP contribution in [0.25, 0.3) is 10.9 Å². The predicted molar refractivity (Wildman–Crippen MR) is 91.0 cm³/mol. The van der Waals surface area contributed by atoms with Gasteiger partial charge in [0.15, 0.2) is 0 Å². The molecule has 5 heteroatoms. The molecule has 0 radical (unpaired) electrons. The monoisotopic (exact) mass is 325 g/mol. The SMILES string of the molecule is COc1cc2[nH]c(C(=O)NC34CC5CC(CC(C5)C3)C4)cc2cn1. The molecule has 4 saturated carbocycles. The van der Waals surface area contributed by atoms with E-state index in [0.29, 0.717) is 11.6 Å². The molecule has 2 aromatic heterocycles. The van der Waals surface area contributed by atoms with Crippen molar-refractivity contribution in [3.05, 3.63) is 24.0 Å². The molecule has 4 aliphatic carbocycles. The third kappa shape index (κ3) is 2.21. The fourth-order valence-electron chi connectivity index (χ4n) is 5.81. The van der Waals surface area contributed by atoms with Gasteiger partial charge in [-0.05, 0) is 62.3 Å². The minimum absolute atomic E-state index is 0.0205. The number of rotatable bonds is 3. The van der Waals surface area contributed by atoms with E-state index in [1.165, 1.54) is 38.5 Å². The van der Waals surface area contributed by atoms with Gasteiger partial charge in [0.05, 0.1) is 12.6 Å². The van der Waals surface area contributed by atoms with Gasteiger partial charge in [-0.25, -0.2) is 4.98 Å². The maximum absolute atomic E-state index is 12.9.